The Hall–Kier alpha value is -4.13. The molecule has 1 unspecified atom stereocenters. The van der Waals surface area contributed by atoms with Gasteiger partial charge in [0.15, 0.2) is 5.65 Å². The molecule has 4 atom stereocenters. The van der Waals surface area contributed by atoms with Crippen LogP contribution in [0.5, 0.6) is 11.5 Å². The minimum Gasteiger partial charge on any atom is -0.497 e. The van der Waals surface area contributed by atoms with Gasteiger partial charge in [0.1, 0.15) is 28.5 Å². The number of nitrogen functional groups attached to an aromatic ring is 1. The highest BCUT2D eigenvalue weighted by molar-refractivity contribution is 6.30. The van der Waals surface area contributed by atoms with Crippen LogP contribution in [0.1, 0.15) is 41.7 Å². The molecule has 0 spiro atoms. The number of halogens is 1. The molecule has 0 amide bonds. The quantitative estimate of drug-likeness (QED) is 0.205. The number of methoxy groups -OCH3 is 2. The Morgan fingerprint density at radius 2 is 1.98 bits per heavy atom. The van der Waals surface area contributed by atoms with E-state index in [1.54, 1.807) is 30.9 Å². The van der Waals surface area contributed by atoms with Crippen molar-refractivity contribution in [2.75, 3.05) is 51.7 Å². The van der Waals surface area contributed by atoms with Crippen molar-refractivity contribution in [3.05, 3.63) is 69.5 Å². The number of pyridine rings is 2. The summed E-state index contributed by atoms with van der Waals surface area (Å²) in [4.78, 5) is 36.9. The van der Waals surface area contributed by atoms with E-state index in [0.29, 0.717) is 73.9 Å². The molecule has 2 fully saturated rings. The third-order valence-corrected chi connectivity index (χ3v) is 9.11. The maximum Gasteiger partial charge on any atom is 0.273 e. The first-order valence-electron chi connectivity index (χ1n) is 15.3. The first-order valence-corrected chi connectivity index (χ1v) is 15.7. The lowest BCUT2D eigenvalue weighted by Gasteiger charge is -2.21. The maximum absolute atomic E-state index is 13.3. The lowest BCUT2D eigenvalue weighted by molar-refractivity contribution is 0.0802. The van der Waals surface area contributed by atoms with E-state index >= 15 is 0 Å². The lowest BCUT2D eigenvalue weighted by Crippen LogP contribution is -2.25. The second kappa shape index (κ2) is 13.3. The van der Waals surface area contributed by atoms with Gasteiger partial charge in [0.2, 0.25) is 5.91 Å². The summed E-state index contributed by atoms with van der Waals surface area (Å²) in [6.45, 7) is 4.70. The van der Waals surface area contributed by atoms with Gasteiger partial charge in [-0.2, -0.15) is 0 Å². The molecule has 4 aromatic rings. The number of carbonyl (C=O) groups is 1. The van der Waals surface area contributed by atoms with E-state index in [9.17, 15) is 9.59 Å². The molecule has 12 nitrogen and oxygen atoms in total. The average Bonchev–Trinajstić information content (AvgIpc) is 3.32. The zero-order valence-electron chi connectivity index (χ0n) is 26.4. The summed E-state index contributed by atoms with van der Waals surface area (Å²) in [5, 5.41) is 0.262. The molecule has 0 radical (unpaired) electrons. The molecule has 1 aromatic carbocycles. The van der Waals surface area contributed by atoms with Crippen molar-refractivity contribution in [2.45, 2.75) is 39.0 Å². The zero-order valence-corrected chi connectivity index (χ0v) is 27.2. The molecule has 46 heavy (non-hydrogen) atoms. The molecule has 6 rings (SSSR count). The van der Waals surface area contributed by atoms with Gasteiger partial charge in [-0.15, -0.1) is 0 Å². The smallest absolute Gasteiger partial charge is 0.273 e. The third kappa shape index (κ3) is 6.42. The summed E-state index contributed by atoms with van der Waals surface area (Å²) in [7, 11) is 5.15. The van der Waals surface area contributed by atoms with Crippen molar-refractivity contribution in [3.8, 4) is 11.5 Å². The van der Waals surface area contributed by atoms with Crippen LogP contribution in [-0.2, 0) is 22.6 Å². The lowest BCUT2D eigenvalue weighted by atomic mass is 10.1. The normalized spacial score (nSPS) is 19.2. The molecule has 0 bridgehead atoms. The van der Waals surface area contributed by atoms with Gasteiger partial charge in [0.25, 0.3) is 5.56 Å². The summed E-state index contributed by atoms with van der Waals surface area (Å²) in [6, 6.07) is 9.25. The van der Waals surface area contributed by atoms with Gasteiger partial charge in [-0.05, 0) is 36.1 Å². The Balaban J connectivity index is 1.06. The molecular formula is C33H39ClN6O6. The van der Waals surface area contributed by atoms with Crippen LogP contribution < -0.4 is 25.7 Å². The van der Waals surface area contributed by atoms with Crippen molar-refractivity contribution in [2.24, 2.45) is 17.8 Å². The highest BCUT2D eigenvalue weighted by Crippen LogP contribution is 2.53. The first-order chi connectivity index (χ1) is 22.2. The molecule has 1 saturated heterocycles. The first kappa shape index (κ1) is 31.8. The number of aromatic nitrogens is 4. The Labute approximate surface area is 272 Å². The molecule has 3 aromatic heterocycles. The molecule has 1 aliphatic carbocycles. The van der Waals surface area contributed by atoms with Gasteiger partial charge in [-0.25, -0.2) is 9.97 Å². The van der Waals surface area contributed by atoms with Crippen LogP contribution in [0.4, 0.5) is 11.4 Å². The largest absolute Gasteiger partial charge is 0.497 e. The average molecular weight is 651 g/mol. The summed E-state index contributed by atoms with van der Waals surface area (Å²) in [5.41, 5.74) is 9.63. The number of benzene rings is 1. The fourth-order valence-corrected chi connectivity index (χ4v) is 6.48. The highest BCUT2D eigenvalue weighted by atomic mass is 35.5. The van der Waals surface area contributed by atoms with Gasteiger partial charge in [0.05, 0.1) is 45.4 Å². The van der Waals surface area contributed by atoms with Crippen LogP contribution in [-0.4, -0.2) is 66.1 Å². The number of fused-ring (bicyclic) bond motifs is 2. The fourth-order valence-electron chi connectivity index (χ4n) is 6.30. The summed E-state index contributed by atoms with van der Waals surface area (Å²) in [5.74, 6) is 2.16. The van der Waals surface area contributed by atoms with E-state index in [2.05, 4.69) is 9.97 Å². The summed E-state index contributed by atoms with van der Waals surface area (Å²) >= 11 is 6.43. The molecule has 2 aliphatic rings. The van der Waals surface area contributed by atoms with E-state index < -0.39 is 0 Å². The topological polar surface area (TPSA) is 136 Å². The van der Waals surface area contributed by atoms with Crippen molar-refractivity contribution in [3.63, 3.8) is 0 Å². The minimum atomic E-state index is -0.158. The summed E-state index contributed by atoms with van der Waals surface area (Å²) < 4.78 is 25.5. The molecule has 244 valence electrons. The Kier molecular flexibility index (Phi) is 9.21. The fraction of sp³-hybridized carbons (Fsp3) is 0.455. The number of ether oxygens (including phenoxy) is 4. The van der Waals surface area contributed by atoms with E-state index in [0.717, 1.165) is 16.8 Å². The summed E-state index contributed by atoms with van der Waals surface area (Å²) in [6.07, 6.45) is 4.25. The number of imidazole rings is 1. The van der Waals surface area contributed by atoms with Crippen molar-refractivity contribution >= 4 is 40.0 Å². The second-order valence-electron chi connectivity index (χ2n) is 12.2. The Bertz CT molecular complexity index is 1800. The second-order valence-corrected chi connectivity index (χ2v) is 12.6. The number of rotatable bonds is 13. The SMILES string of the molecule is COc1ccc(CN(C)c2cc(Cl)nc3c2ncn3C(=O)CC[C@H](C)COCc2cc(N)c(=O)n(C3[C@H]4COC[C@@H]34)c2)c(OC)c1. The minimum absolute atomic E-state index is 0.111. The van der Waals surface area contributed by atoms with Crippen LogP contribution in [0, 0.1) is 17.8 Å². The molecule has 4 heterocycles. The monoisotopic (exact) mass is 650 g/mol. The van der Waals surface area contributed by atoms with Crippen LogP contribution in [0.25, 0.3) is 11.2 Å². The van der Waals surface area contributed by atoms with Gasteiger partial charge in [0, 0.05) is 68.4 Å². The van der Waals surface area contributed by atoms with Crippen LogP contribution >= 0.6 is 11.6 Å². The van der Waals surface area contributed by atoms with E-state index in [1.165, 1.54) is 10.9 Å². The number of anilines is 2. The number of carbonyl (C=O) groups excluding carboxylic acids is 1. The van der Waals surface area contributed by atoms with Crippen LogP contribution in [0.15, 0.2) is 47.7 Å². The standard InChI is InChI=1S/C33H39ClN6O6/c1-19(14-45-15-20-9-25(35)33(42)39(12-20)31-23-16-46-17-24(23)31)5-8-29(41)40-18-36-30-26(11-28(34)37-32(30)40)38(2)13-21-6-7-22(43-3)10-27(21)44-4/h6-7,9-12,18-19,23-24,31H,5,8,13-17,35H2,1-4H3/t19-,23-,24+,31?/m0/s1. The van der Waals surface area contributed by atoms with Gasteiger partial charge >= 0.3 is 0 Å². The number of nitrogens with zero attached hydrogens (tertiary/aromatic N) is 5. The number of hydrogen-bond acceptors (Lipinski definition) is 10. The predicted octanol–water partition coefficient (Wildman–Crippen LogP) is 4.57. The van der Waals surface area contributed by atoms with Crippen LogP contribution in [0.2, 0.25) is 5.15 Å². The van der Waals surface area contributed by atoms with Gasteiger partial charge in [-0.1, -0.05) is 18.5 Å². The van der Waals surface area contributed by atoms with Crippen LogP contribution in [0.3, 0.4) is 0 Å². The zero-order chi connectivity index (χ0) is 32.5. The van der Waals surface area contributed by atoms with Crippen molar-refractivity contribution in [1.29, 1.82) is 0 Å². The highest BCUT2D eigenvalue weighted by Gasteiger charge is 2.55. The van der Waals surface area contributed by atoms with Crippen molar-refractivity contribution in [1.82, 2.24) is 19.1 Å². The third-order valence-electron chi connectivity index (χ3n) is 8.91. The van der Waals surface area contributed by atoms with E-state index in [1.807, 2.05) is 43.3 Å². The molecule has 2 N–H and O–H groups in total. The Morgan fingerprint density at radius 3 is 2.72 bits per heavy atom. The van der Waals surface area contributed by atoms with E-state index in [4.69, 9.17) is 36.3 Å². The maximum atomic E-state index is 13.3. The van der Waals surface area contributed by atoms with Gasteiger partial charge < -0.3 is 34.1 Å². The number of nitrogens with two attached hydrogens (primary N) is 1. The Morgan fingerprint density at radius 1 is 1.20 bits per heavy atom. The van der Waals surface area contributed by atoms with E-state index in [-0.39, 0.29) is 40.7 Å². The molecular weight excluding hydrogens is 612 g/mol. The molecule has 1 saturated carbocycles. The predicted molar refractivity (Wildman–Crippen MR) is 175 cm³/mol. The molecule has 1 aliphatic heterocycles. The van der Waals surface area contributed by atoms with Gasteiger partial charge in [-0.3, -0.25) is 14.2 Å². The van der Waals surface area contributed by atoms with Crippen molar-refractivity contribution < 1.29 is 23.7 Å². The number of hydrogen-bond donors (Lipinski definition) is 1. The molecule has 13 heteroatoms.